The van der Waals surface area contributed by atoms with Crippen LogP contribution in [-0.4, -0.2) is 36.6 Å². The lowest BCUT2D eigenvalue weighted by Crippen LogP contribution is -2.14. The Bertz CT molecular complexity index is 694. The number of unbranched alkanes of at least 4 members (excludes halogenated alkanes) is 1. The average molecular weight is 345 g/mol. The molecule has 0 aliphatic rings. The summed E-state index contributed by atoms with van der Waals surface area (Å²) in [6.07, 6.45) is 3.61. The number of rotatable bonds is 10. The third-order valence-electron chi connectivity index (χ3n) is 3.47. The minimum atomic E-state index is -0.582. The summed E-state index contributed by atoms with van der Waals surface area (Å²) in [6.45, 7) is 4.66. The summed E-state index contributed by atoms with van der Waals surface area (Å²) < 4.78 is 16.3. The fourth-order valence-corrected chi connectivity index (χ4v) is 2.15. The zero-order valence-corrected chi connectivity index (χ0v) is 14.5. The first-order chi connectivity index (χ1) is 12.2. The first-order valence-corrected chi connectivity index (χ1v) is 8.39. The van der Waals surface area contributed by atoms with E-state index in [9.17, 15) is 9.59 Å². The SMILES string of the molecule is CCCCOc1ccc(C(=O)OCC(=O)c2ccc[nH]2)cc1OCC. The fourth-order valence-electron chi connectivity index (χ4n) is 2.15. The van der Waals surface area contributed by atoms with E-state index in [1.54, 1.807) is 36.5 Å². The number of H-pyrrole nitrogens is 1. The zero-order chi connectivity index (χ0) is 18.1. The smallest absolute Gasteiger partial charge is 0.338 e. The van der Waals surface area contributed by atoms with Crippen LogP contribution in [0.1, 0.15) is 47.5 Å². The Morgan fingerprint density at radius 1 is 1.08 bits per heavy atom. The van der Waals surface area contributed by atoms with Gasteiger partial charge in [0.25, 0.3) is 0 Å². The molecule has 6 nitrogen and oxygen atoms in total. The molecular formula is C19H23NO5. The van der Waals surface area contributed by atoms with Gasteiger partial charge in [-0.05, 0) is 43.7 Å². The number of benzene rings is 1. The molecule has 1 aromatic heterocycles. The van der Waals surface area contributed by atoms with Gasteiger partial charge in [-0.1, -0.05) is 13.3 Å². The summed E-state index contributed by atoms with van der Waals surface area (Å²) in [7, 11) is 0. The molecule has 134 valence electrons. The third-order valence-corrected chi connectivity index (χ3v) is 3.47. The van der Waals surface area contributed by atoms with E-state index < -0.39 is 5.97 Å². The first kappa shape index (κ1) is 18.6. The van der Waals surface area contributed by atoms with E-state index >= 15 is 0 Å². The molecule has 0 fully saturated rings. The molecule has 2 aromatic rings. The van der Waals surface area contributed by atoms with Gasteiger partial charge in [-0.25, -0.2) is 4.79 Å². The van der Waals surface area contributed by atoms with Gasteiger partial charge in [0.15, 0.2) is 18.1 Å². The monoisotopic (exact) mass is 345 g/mol. The number of Topliss-reactive ketones (excluding diaryl/α,β-unsaturated/α-hetero) is 1. The second kappa shape index (κ2) is 9.52. The summed E-state index contributed by atoms with van der Waals surface area (Å²) in [5.74, 6) is 0.210. The van der Waals surface area contributed by atoms with Gasteiger partial charge in [-0.15, -0.1) is 0 Å². The van der Waals surface area contributed by atoms with Crippen LogP contribution in [0, 0.1) is 0 Å². The number of aromatic amines is 1. The highest BCUT2D eigenvalue weighted by molar-refractivity contribution is 5.98. The van der Waals surface area contributed by atoms with Gasteiger partial charge in [-0.3, -0.25) is 4.79 Å². The molecule has 0 amide bonds. The standard InChI is InChI=1S/C19H23NO5/c1-3-5-11-24-17-9-8-14(12-18(17)23-4-2)19(22)25-13-16(21)15-7-6-10-20-15/h6-10,12,20H,3-5,11,13H2,1-2H3. The fraction of sp³-hybridized carbons (Fsp3) is 0.368. The van der Waals surface area contributed by atoms with Gasteiger partial charge >= 0.3 is 5.97 Å². The van der Waals surface area contributed by atoms with Crippen molar-refractivity contribution in [2.24, 2.45) is 0 Å². The van der Waals surface area contributed by atoms with Crippen molar-refractivity contribution in [3.63, 3.8) is 0 Å². The Labute approximate surface area is 147 Å². The van der Waals surface area contributed by atoms with E-state index in [1.165, 1.54) is 0 Å². The van der Waals surface area contributed by atoms with E-state index in [1.807, 2.05) is 6.92 Å². The average Bonchev–Trinajstić information content (AvgIpc) is 3.15. The van der Waals surface area contributed by atoms with Crippen LogP contribution >= 0.6 is 0 Å². The molecule has 0 spiro atoms. The van der Waals surface area contributed by atoms with Crippen LogP contribution in [0.25, 0.3) is 0 Å². The molecule has 0 bridgehead atoms. The molecule has 25 heavy (non-hydrogen) atoms. The minimum absolute atomic E-state index is 0.289. The molecule has 0 aliphatic heterocycles. The zero-order valence-electron chi connectivity index (χ0n) is 14.5. The summed E-state index contributed by atoms with van der Waals surface area (Å²) in [6, 6.07) is 8.20. The van der Waals surface area contributed by atoms with Crippen molar-refractivity contribution in [1.29, 1.82) is 0 Å². The van der Waals surface area contributed by atoms with Crippen LogP contribution in [-0.2, 0) is 4.74 Å². The van der Waals surface area contributed by atoms with Crippen LogP contribution in [0.15, 0.2) is 36.5 Å². The summed E-state index contributed by atoms with van der Waals surface area (Å²) in [5, 5.41) is 0. The van der Waals surface area contributed by atoms with Gasteiger partial charge in [0, 0.05) is 6.20 Å². The normalized spacial score (nSPS) is 10.3. The highest BCUT2D eigenvalue weighted by Gasteiger charge is 2.15. The van der Waals surface area contributed by atoms with Gasteiger partial charge in [-0.2, -0.15) is 0 Å². The van der Waals surface area contributed by atoms with Gasteiger partial charge < -0.3 is 19.2 Å². The summed E-state index contributed by atoms with van der Waals surface area (Å²) >= 11 is 0. The molecular weight excluding hydrogens is 322 g/mol. The maximum Gasteiger partial charge on any atom is 0.338 e. The van der Waals surface area contributed by atoms with Gasteiger partial charge in [0.1, 0.15) is 0 Å². The van der Waals surface area contributed by atoms with E-state index in [0.717, 1.165) is 12.8 Å². The highest BCUT2D eigenvalue weighted by atomic mass is 16.5. The van der Waals surface area contributed by atoms with Crippen LogP contribution < -0.4 is 9.47 Å². The number of hydrogen-bond acceptors (Lipinski definition) is 5. The van der Waals surface area contributed by atoms with E-state index in [4.69, 9.17) is 14.2 Å². The Hall–Kier alpha value is -2.76. The molecule has 0 saturated carbocycles. The van der Waals surface area contributed by atoms with Crippen molar-refractivity contribution < 1.29 is 23.8 Å². The van der Waals surface area contributed by atoms with Crippen molar-refractivity contribution in [2.45, 2.75) is 26.7 Å². The van der Waals surface area contributed by atoms with Gasteiger partial charge in [0.2, 0.25) is 5.78 Å². The maximum absolute atomic E-state index is 12.2. The van der Waals surface area contributed by atoms with E-state index in [0.29, 0.717) is 36.0 Å². The van der Waals surface area contributed by atoms with Crippen LogP contribution in [0.5, 0.6) is 11.5 Å². The number of esters is 1. The number of ether oxygens (including phenoxy) is 3. The van der Waals surface area contributed by atoms with Gasteiger partial charge in [0.05, 0.1) is 24.5 Å². The Balaban J connectivity index is 2.00. The molecule has 1 N–H and O–H groups in total. The number of aromatic nitrogens is 1. The number of nitrogens with one attached hydrogen (secondary N) is 1. The van der Waals surface area contributed by atoms with E-state index in [2.05, 4.69) is 11.9 Å². The summed E-state index contributed by atoms with van der Waals surface area (Å²) in [5.41, 5.74) is 0.716. The summed E-state index contributed by atoms with van der Waals surface area (Å²) in [4.78, 5) is 26.8. The van der Waals surface area contributed by atoms with Crippen molar-refractivity contribution in [3.05, 3.63) is 47.8 Å². The molecule has 0 radical (unpaired) electrons. The van der Waals surface area contributed by atoms with Crippen molar-refractivity contribution in [1.82, 2.24) is 4.98 Å². The largest absolute Gasteiger partial charge is 0.490 e. The molecule has 0 unspecified atom stereocenters. The Kier molecular flexibility index (Phi) is 7.07. The molecule has 0 aliphatic carbocycles. The number of carbonyl (C=O) groups is 2. The Morgan fingerprint density at radius 3 is 2.60 bits per heavy atom. The van der Waals surface area contributed by atoms with Crippen molar-refractivity contribution in [2.75, 3.05) is 19.8 Å². The lowest BCUT2D eigenvalue weighted by molar-refractivity contribution is 0.0473. The van der Waals surface area contributed by atoms with E-state index in [-0.39, 0.29) is 12.4 Å². The molecule has 6 heteroatoms. The lowest BCUT2D eigenvalue weighted by Gasteiger charge is -2.13. The quantitative estimate of drug-likeness (QED) is 0.404. The van der Waals surface area contributed by atoms with Crippen molar-refractivity contribution >= 4 is 11.8 Å². The molecule has 1 aromatic carbocycles. The second-order valence-electron chi connectivity index (χ2n) is 5.38. The topological polar surface area (TPSA) is 77.6 Å². The van der Waals surface area contributed by atoms with Crippen LogP contribution in [0.3, 0.4) is 0 Å². The molecule has 0 saturated heterocycles. The Morgan fingerprint density at radius 2 is 1.92 bits per heavy atom. The second-order valence-corrected chi connectivity index (χ2v) is 5.38. The van der Waals surface area contributed by atoms with Crippen molar-refractivity contribution in [3.8, 4) is 11.5 Å². The van der Waals surface area contributed by atoms with Crippen LogP contribution in [0.2, 0.25) is 0 Å². The lowest BCUT2D eigenvalue weighted by atomic mass is 10.2. The third kappa shape index (κ3) is 5.38. The number of hydrogen-bond donors (Lipinski definition) is 1. The number of ketones is 1. The highest BCUT2D eigenvalue weighted by Crippen LogP contribution is 2.29. The molecule has 2 rings (SSSR count). The van der Waals surface area contributed by atoms with Crippen LogP contribution in [0.4, 0.5) is 0 Å². The first-order valence-electron chi connectivity index (χ1n) is 8.39. The minimum Gasteiger partial charge on any atom is -0.490 e. The maximum atomic E-state index is 12.2. The number of carbonyl (C=O) groups excluding carboxylic acids is 2. The molecule has 0 atom stereocenters. The molecule has 1 heterocycles. The predicted octanol–water partition coefficient (Wildman–Crippen LogP) is 3.63. The predicted molar refractivity (Wildman–Crippen MR) is 93.4 cm³/mol.